The fraction of sp³-hybridized carbons (Fsp3) is 0.654. The molecule has 2 atom stereocenters. The SMILES string of the molecule is Cc1ncccc1C(=O)CC1CCC(CCN2C[C@@H]3C[C@]3(c3cc(C(C)(F)F)on3)C2)CC1. The van der Waals surface area contributed by atoms with Crippen LogP contribution in [0.15, 0.2) is 28.9 Å². The molecule has 2 aromatic heterocycles. The van der Waals surface area contributed by atoms with Crippen LogP contribution in [0.3, 0.4) is 0 Å². The molecular formula is C26H33F2N3O2. The third kappa shape index (κ3) is 4.61. The zero-order valence-electron chi connectivity index (χ0n) is 19.5. The van der Waals surface area contributed by atoms with Crippen LogP contribution in [0.5, 0.6) is 0 Å². The molecule has 0 spiro atoms. The van der Waals surface area contributed by atoms with Crippen molar-refractivity contribution in [3.63, 3.8) is 0 Å². The summed E-state index contributed by atoms with van der Waals surface area (Å²) in [7, 11) is 0. The van der Waals surface area contributed by atoms with Crippen molar-refractivity contribution < 1.29 is 18.1 Å². The number of likely N-dealkylation sites (tertiary alicyclic amines) is 1. The lowest BCUT2D eigenvalue weighted by Gasteiger charge is -2.30. The van der Waals surface area contributed by atoms with Crippen molar-refractivity contribution in [2.75, 3.05) is 19.6 Å². The summed E-state index contributed by atoms with van der Waals surface area (Å²) >= 11 is 0. The van der Waals surface area contributed by atoms with Gasteiger partial charge in [0.1, 0.15) is 0 Å². The molecule has 2 saturated carbocycles. The number of aryl methyl sites for hydroxylation is 1. The van der Waals surface area contributed by atoms with Gasteiger partial charge in [-0.25, -0.2) is 0 Å². The van der Waals surface area contributed by atoms with E-state index >= 15 is 0 Å². The van der Waals surface area contributed by atoms with Gasteiger partial charge >= 0.3 is 5.92 Å². The maximum absolute atomic E-state index is 13.5. The van der Waals surface area contributed by atoms with Crippen LogP contribution in [0.25, 0.3) is 0 Å². The monoisotopic (exact) mass is 457 g/mol. The molecular weight excluding hydrogens is 424 g/mol. The molecule has 2 aromatic rings. The second-order valence-corrected chi connectivity index (χ2v) is 10.7. The van der Waals surface area contributed by atoms with Crippen LogP contribution in [0.1, 0.15) is 79.4 Å². The molecule has 0 amide bonds. The summed E-state index contributed by atoms with van der Waals surface area (Å²) in [6.45, 7) is 5.73. The first-order valence-corrected chi connectivity index (χ1v) is 12.3. The highest BCUT2D eigenvalue weighted by molar-refractivity contribution is 5.97. The number of alkyl halides is 2. The standard InChI is InChI=1S/C26H33F2N3O2/c1-17-21(4-3-10-29-17)22(32)12-19-7-5-18(6-8-19)9-11-31-15-20-14-26(20,16-31)23-13-24(33-30-23)25(2,27)28/h3-4,10,13,18-20H,5-9,11-12,14-16H2,1-2H3/t18?,19?,20-,26-/m0/s1. The second-order valence-electron chi connectivity index (χ2n) is 10.7. The lowest BCUT2D eigenvalue weighted by Crippen LogP contribution is -2.29. The molecule has 0 N–H and O–H groups in total. The van der Waals surface area contributed by atoms with Gasteiger partial charge in [-0.1, -0.05) is 18.0 Å². The molecule has 3 fully saturated rings. The van der Waals surface area contributed by atoms with E-state index in [1.807, 2.05) is 19.1 Å². The fourth-order valence-corrected chi connectivity index (χ4v) is 6.11. The summed E-state index contributed by atoms with van der Waals surface area (Å²) in [6, 6.07) is 5.20. The number of hydrogen-bond donors (Lipinski definition) is 0. The second kappa shape index (κ2) is 8.57. The summed E-state index contributed by atoms with van der Waals surface area (Å²) in [4.78, 5) is 19.4. The largest absolute Gasteiger partial charge is 0.355 e. The van der Waals surface area contributed by atoms with Crippen LogP contribution in [0, 0.1) is 24.7 Å². The minimum Gasteiger partial charge on any atom is -0.355 e. The summed E-state index contributed by atoms with van der Waals surface area (Å²) in [5.74, 6) is -1.38. The van der Waals surface area contributed by atoms with Crippen molar-refractivity contribution in [1.82, 2.24) is 15.0 Å². The van der Waals surface area contributed by atoms with Crippen molar-refractivity contribution in [1.29, 1.82) is 0 Å². The van der Waals surface area contributed by atoms with Gasteiger partial charge in [-0.15, -0.1) is 0 Å². The lowest BCUT2D eigenvalue weighted by atomic mass is 9.78. The lowest BCUT2D eigenvalue weighted by molar-refractivity contribution is -0.0105. The molecule has 3 heterocycles. The molecule has 3 aliphatic rings. The Morgan fingerprint density at radius 3 is 2.73 bits per heavy atom. The van der Waals surface area contributed by atoms with E-state index in [-0.39, 0.29) is 17.0 Å². The number of carbonyl (C=O) groups excluding carboxylic acids is 1. The third-order valence-electron chi connectivity index (χ3n) is 8.27. The van der Waals surface area contributed by atoms with Gasteiger partial charge in [-0.05, 0) is 69.0 Å². The molecule has 0 bridgehead atoms. The first-order valence-electron chi connectivity index (χ1n) is 12.3. The van der Waals surface area contributed by atoms with E-state index in [1.165, 1.54) is 25.3 Å². The maximum Gasteiger partial charge on any atom is 0.304 e. The molecule has 7 heteroatoms. The first kappa shape index (κ1) is 22.6. The highest BCUT2D eigenvalue weighted by Gasteiger charge is 2.62. The Morgan fingerprint density at radius 2 is 2.03 bits per heavy atom. The minimum atomic E-state index is -2.98. The topological polar surface area (TPSA) is 59.2 Å². The van der Waals surface area contributed by atoms with Gasteiger partial charge in [-0.3, -0.25) is 9.78 Å². The Labute approximate surface area is 193 Å². The average molecular weight is 458 g/mol. The quantitative estimate of drug-likeness (QED) is 0.488. The summed E-state index contributed by atoms with van der Waals surface area (Å²) in [5, 5.41) is 4.01. The number of nitrogens with zero attached hydrogens (tertiary/aromatic N) is 3. The Morgan fingerprint density at radius 1 is 1.27 bits per heavy atom. The molecule has 5 nitrogen and oxygen atoms in total. The van der Waals surface area contributed by atoms with Gasteiger partial charge in [0.05, 0.1) is 5.69 Å². The maximum atomic E-state index is 13.5. The van der Waals surface area contributed by atoms with Crippen molar-refractivity contribution in [2.45, 2.75) is 70.1 Å². The number of hydrogen-bond acceptors (Lipinski definition) is 5. The van der Waals surface area contributed by atoms with Crippen LogP contribution < -0.4 is 0 Å². The zero-order chi connectivity index (χ0) is 23.2. The normalized spacial score (nSPS) is 29.8. The zero-order valence-corrected chi connectivity index (χ0v) is 19.5. The number of aromatic nitrogens is 2. The number of pyridine rings is 1. The molecule has 0 radical (unpaired) electrons. The fourth-order valence-electron chi connectivity index (χ4n) is 6.11. The van der Waals surface area contributed by atoms with Gasteiger partial charge < -0.3 is 9.42 Å². The van der Waals surface area contributed by atoms with E-state index in [1.54, 1.807) is 6.20 Å². The van der Waals surface area contributed by atoms with Gasteiger partial charge in [0, 0.05) is 55.4 Å². The minimum absolute atomic E-state index is 0.0740. The van der Waals surface area contributed by atoms with Crippen molar-refractivity contribution in [3.8, 4) is 0 Å². The Hall–Kier alpha value is -2.15. The van der Waals surface area contributed by atoms with E-state index in [2.05, 4.69) is 15.0 Å². The summed E-state index contributed by atoms with van der Waals surface area (Å²) in [5.41, 5.74) is 2.22. The predicted octanol–water partition coefficient (Wildman–Crippen LogP) is 5.53. The number of ketones is 1. The molecule has 0 aromatic carbocycles. The van der Waals surface area contributed by atoms with Crippen LogP contribution in [0.4, 0.5) is 8.78 Å². The molecule has 2 aliphatic carbocycles. The van der Waals surface area contributed by atoms with Gasteiger partial charge in [-0.2, -0.15) is 8.78 Å². The van der Waals surface area contributed by atoms with E-state index in [4.69, 9.17) is 4.52 Å². The van der Waals surface area contributed by atoms with Crippen molar-refractivity contribution in [2.24, 2.45) is 17.8 Å². The van der Waals surface area contributed by atoms with Gasteiger partial charge in [0.15, 0.2) is 5.78 Å². The van der Waals surface area contributed by atoms with Crippen molar-refractivity contribution in [3.05, 3.63) is 47.1 Å². The van der Waals surface area contributed by atoms with Crippen molar-refractivity contribution >= 4 is 5.78 Å². The predicted molar refractivity (Wildman–Crippen MR) is 120 cm³/mol. The molecule has 1 saturated heterocycles. The molecule has 0 unspecified atom stereocenters. The number of piperidine rings is 1. The van der Waals surface area contributed by atoms with E-state index in [9.17, 15) is 13.6 Å². The number of rotatable bonds is 8. The molecule has 5 rings (SSSR count). The molecule has 1 aliphatic heterocycles. The van der Waals surface area contributed by atoms with Crippen LogP contribution in [-0.4, -0.2) is 40.5 Å². The highest BCUT2D eigenvalue weighted by atomic mass is 19.3. The van der Waals surface area contributed by atoms with Crippen LogP contribution >= 0.6 is 0 Å². The number of halogens is 2. The summed E-state index contributed by atoms with van der Waals surface area (Å²) in [6.07, 6.45) is 9.17. The number of carbonyl (C=O) groups is 1. The van der Waals surface area contributed by atoms with Gasteiger partial charge in [0.25, 0.3) is 0 Å². The van der Waals surface area contributed by atoms with E-state index < -0.39 is 5.92 Å². The Bertz CT molecular complexity index is 1010. The van der Waals surface area contributed by atoms with Crippen LogP contribution in [-0.2, 0) is 11.3 Å². The Balaban J connectivity index is 1.06. The Kier molecular flexibility index (Phi) is 5.88. The number of Topliss-reactive ketones (excluding diaryl/α,β-unsaturated/α-hetero) is 1. The number of fused-ring (bicyclic) bond motifs is 1. The summed E-state index contributed by atoms with van der Waals surface area (Å²) < 4.78 is 32.0. The smallest absolute Gasteiger partial charge is 0.304 e. The van der Waals surface area contributed by atoms with E-state index in [0.29, 0.717) is 29.9 Å². The third-order valence-corrected chi connectivity index (χ3v) is 8.27. The average Bonchev–Trinajstić information content (AvgIpc) is 3.14. The van der Waals surface area contributed by atoms with Crippen LogP contribution in [0.2, 0.25) is 0 Å². The first-order chi connectivity index (χ1) is 15.7. The van der Waals surface area contributed by atoms with E-state index in [0.717, 1.165) is 57.1 Å². The highest BCUT2D eigenvalue weighted by Crippen LogP contribution is 2.59. The molecule has 178 valence electrons. The van der Waals surface area contributed by atoms with Gasteiger partial charge in [0.2, 0.25) is 5.76 Å². The molecule has 33 heavy (non-hydrogen) atoms.